The summed E-state index contributed by atoms with van der Waals surface area (Å²) in [6.07, 6.45) is 5.08. The zero-order valence-electron chi connectivity index (χ0n) is 18.6. The van der Waals surface area contributed by atoms with Crippen LogP contribution in [0.25, 0.3) is 0 Å². The molecule has 1 saturated heterocycles. The molecule has 0 saturated carbocycles. The molecule has 2 amide bonds. The molecule has 2 aromatic rings. The Morgan fingerprint density at radius 1 is 1.06 bits per heavy atom. The third-order valence-corrected chi connectivity index (χ3v) is 5.52. The van der Waals surface area contributed by atoms with Crippen LogP contribution in [-0.2, 0) is 16.0 Å². The topological polar surface area (TPSA) is 78.9 Å². The average Bonchev–Trinajstić information content (AvgIpc) is 2.84. The number of likely N-dealkylation sites (tertiary alicyclic amines) is 1. The maximum absolute atomic E-state index is 11.9. The van der Waals surface area contributed by atoms with Crippen LogP contribution in [0.3, 0.4) is 0 Å². The predicted molar refractivity (Wildman–Crippen MR) is 126 cm³/mol. The zero-order valence-corrected chi connectivity index (χ0v) is 19.4. The summed E-state index contributed by atoms with van der Waals surface area (Å²) in [6.45, 7) is 4.28. The minimum absolute atomic E-state index is 0.165. The van der Waals surface area contributed by atoms with Crippen molar-refractivity contribution in [3.05, 3.63) is 70.7 Å². The van der Waals surface area contributed by atoms with Gasteiger partial charge in [0.15, 0.2) is 0 Å². The Morgan fingerprint density at radius 2 is 1.72 bits per heavy atom. The Labute approximate surface area is 195 Å². The maximum atomic E-state index is 11.9. The molecule has 174 valence electrons. The minimum Gasteiger partial charge on any atom is -0.378 e. The number of carbonyl (C=O) groups is 2. The van der Waals surface area contributed by atoms with Crippen LogP contribution in [0.1, 0.15) is 54.9 Å². The van der Waals surface area contributed by atoms with E-state index >= 15 is 0 Å². The lowest BCUT2D eigenvalue weighted by Gasteiger charge is -2.26. The van der Waals surface area contributed by atoms with Gasteiger partial charge in [0, 0.05) is 30.3 Å². The molecule has 1 heterocycles. The second-order valence-corrected chi connectivity index (χ2v) is 8.14. The molecular weight excluding hydrogens is 428 g/mol. The quantitative estimate of drug-likeness (QED) is 0.434. The predicted octanol–water partition coefficient (Wildman–Crippen LogP) is 4.89. The molecule has 6 nitrogen and oxygen atoms in total. The molecule has 3 rings (SSSR count). The normalized spacial score (nSPS) is 14.2. The van der Waals surface area contributed by atoms with Crippen LogP contribution in [0, 0.1) is 0 Å². The minimum atomic E-state index is -0.426. The molecule has 32 heavy (non-hydrogen) atoms. The SMILES string of the molecule is CCOC(CCc1ccc(Cl)cc1)CC(=O)NO.O=C(c1ccccc1)N1CCCCC1. The third-order valence-electron chi connectivity index (χ3n) is 5.27. The second-order valence-electron chi connectivity index (χ2n) is 7.70. The van der Waals surface area contributed by atoms with Gasteiger partial charge in [-0.3, -0.25) is 14.8 Å². The summed E-state index contributed by atoms with van der Waals surface area (Å²) in [5.74, 6) is -0.241. The number of ether oxygens (including phenoxy) is 1. The Hall–Kier alpha value is -2.41. The Bertz CT molecular complexity index is 808. The van der Waals surface area contributed by atoms with E-state index in [0.717, 1.165) is 49.9 Å². The van der Waals surface area contributed by atoms with E-state index < -0.39 is 5.91 Å². The number of benzene rings is 2. The molecule has 1 aliphatic rings. The summed E-state index contributed by atoms with van der Waals surface area (Å²) in [5.41, 5.74) is 3.58. The number of hydrogen-bond donors (Lipinski definition) is 2. The van der Waals surface area contributed by atoms with E-state index in [2.05, 4.69) is 0 Å². The molecule has 0 spiro atoms. The van der Waals surface area contributed by atoms with Gasteiger partial charge in [-0.15, -0.1) is 0 Å². The van der Waals surface area contributed by atoms with E-state index in [1.165, 1.54) is 6.42 Å². The molecule has 1 fully saturated rings. The van der Waals surface area contributed by atoms with E-state index in [0.29, 0.717) is 11.6 Å². The first-order chi connectivity index (χ1) is 15.5. The van der Waals surface area contributed by atoms with Crippen molar-refractivity contribution in [1.29, 1.82) is 0 Å². The highest BCUT2D eigenvalue weighted by Gasteiger charge is 2.17. The highest BCUT2D eigenvalue weighted by Crippen LogP contribution is 2.14. The van der Waals surface area contributed by atoms with Gasteiger partial charge in [-0.1, -0.05) is 41.9 Å². The van der Waals surface area contributed by atoms with Crippen molar-refractivity contribution in [2.75, 3.05) is 19.7 Å². The van der Waals surface area contributed by atoms with Gasteiger partial charge in [-0.25, -0.2) is 5.48 Å². The van der Waals surface area contributed by atoms with E-state index in [1.807, 2.05) is 66.4 Å². The molecule has 0 bridgehead atoms. The molecule has 1 aliphatic heterocycles. The lowest BCUT2D eigenvalue weighted by Crippen LogP contribution is -2.35. The van der Waals surface area contributed by atoms with Gasteiger partial charge in [0.1, 0.15) is 0 Å². The van der Waals surface area contributed by atoms with E-state index in [4.69, 9.17) is 21.5 Å². The number of nitrogens with one attached hydrogen (secondary N) is 1. The maximum Gasteiger partial charge on any atom is 0.253 e. The molecule has 0 aliphatic carbocycles. The second kappa shape index (κ2) is 14.6. The summed E-state index contributed by atoms with van der Waals surface area (Å²) in [4.78, 5) is 25.0. The summed E-state index contributed by atoms with van der Waals surface area (Å²) in [6, 6.07) is 17.1. The summed E-state index contributed by atoms with van der Waals surface area (Å²) in [5, 5.41) is 9.21. The summed E-state index contributed by atoms with van der Waals surface area (Å²) < 4.78 is 5.46. The smallest absolute Gasteiger partial charge is 0.253 e. The van der Waals surface area contributed by atoms with Crippen LogP contribution >= 0.6 is 11.6 Å². The summed E-state index contributed by atoms with van der Waals surface area (Å²) in [7, 11) is 0. The molecule has 0 radical (unpaired) electrons. The summed E-state index contributed by atoms with van der Waals surface area (Å²) >= 11 is 5.81. The first-order valence-corrected chi connectivity index (χ1v) is 11.5. The Kier molecular flexibility index (Phi) is 11.8. The van der Waals surface area contributed by atoms with Crippen molar-refractivity contribution in [1.82, 2.24) is 10.4 Å². The molecule has 2 aromatic carbocycles. The van der Waals surface area contributed by atoms with Gasteiger partial charge in [0.05, 0.1) is 12.5 Å². The highest BCUT2D eigenvalue weighted by molar-refractivity contribution is 6.30. The van der Waals surface area contributed by atoms with E-state index in [-0.39, 0.29) is 18.4 Å². The average molecular weight is 461 g/mol. The fourth-order valence-electron chi connectivity index (χ4n) is 3.57. The van der Waals surface area contributed by atoms with Gasteiger partial charge in [-0.05, 0) is 68.9 Å². The first kappa shape index (κ1) is 25.8. The van der Waals surface area contributed by atoms with Crippen LogP contribution in [0.4, 0.5) is 0 Å². The first-order valence-electron chi connectivity index (χ1n) is 11.2. The van der Waals surface area contributed by atoms with Crippen LogP contribution in [0.2, 0.25) is 5.02 Å². The number of nitrogens with zero attached hydrogens (tertiary/aromatic N) is 1. The van der Waals surface area contributed by atoms with Gasteiger partial charge in [0.2, 0.25) is 5.91 Å². The fraction of sp³-hybridized carbons (Fsp3) is 0.440. The Morgan fingerprint density at radius 3 is 2.31 bits per heavy atom. The standard InChI is InChI=1S/C13H18ClNO3.C12H15NO/c1-2-18-12(9-13(16)15-17)8-5-10-3-6-11(14)7-4-10;14-12(11-7-3-1-4-8-11)13-9-5-2-6-10-13/h3-4,6-7,12,17H,2,5,8-9H2,1H3,(H,15,16);1,3-4,7-8H,2,5-6,9-10H2. The van der Waals surface area contributed by atoms with E-state index in [9.17, 15) is 9.59 Å². The van der Waals surface area contributed by atoms with Crippen LogP contribution in [0.15, 0.2) is 54.6 Å². The molecule has 0 aromatic heterocycles. The number of rotatable bonds is 8. The molecular formula is C25H33ClN2O4. The van der Waals surface area contributed by atoms with Gasteiger partial charge in [-0.2, -0.15) is 0 Å². The zero-order chi connectivity index (χ0) is 23.2. The van der Waals surface area contributed by atoms with Crippen molar-refractivity contribution in [3.8, 4) is 0 Å². The van der Waals surface area contributed by atoms with E-state index in [1.54, 1.807) is 5.48 Å². The number of piperidine rings is 1. The largest absolute Gasteiger partial charge is 0.378 e. The highest BCUT2D eigenvalue weighted by atomic mass is 35.5. The van der Waals surface area contributed by atoms with Crippen LogP contribution < -0.4 is 5.48 Å². The van der Waals surface area contributed by atoms with Crippen molar-refractivity contribution in [2.24, 2.45) is 0 Å². The van der Waals surface area contributed by atoms with Crippen molar-refractivity contribution < 1.29 is 19.5 Å². The third kappa shape index (κ3) is 9.39. The van der Waals surface area contributed by atoms with Crippen LogP contribution in [-0.4, -0.2) is 47.7 Å². The monoisotopic (exact) mass is 460 g/mol. The number of amides is 2. The van der Waals surface area contributed by atoms with Crippen molar-refractivity contribution in [3.63, 3.8) is 0 Å². The molecule has 2 N–H and O–H groups in total. The Balaban J connectivity index is 0.000000233. The van der Waals surface area contributed by atoms with Crippen molar-refractivity contribution in [2.45, 2.75) is 51.6 Å². The number of hydroxylamine groups is 1. The fourth-order valence-corrected chi connectivity index (χ4v) is 3.70. The van der Waals surface area contributed by atoms with Gasteiger partial charge < -0.3 is 9.64 Å². The number of hydrogen-bond acceptors (Lipinski definition) is 4. The number of aryl methyl sites for hydroxylation is 1. The van der Waals surface area contributed by atoms with Crippen molar-refractivity contribution >= 4 is 23.4 Å². The molecule has 1 unspecified atom stereocenters. The van der Waals surface area contributed by atoms with Crippen LogP contribution in [0.5, 0.6) is 0 Å². The lowest BCUT2D eigenvalue weighted by atomic mass is 10.0. The number of carbonyl (C=O) groups excluding carboxylic acids is 2. The number of halogens is 1. The molecule has 7 heteroatoms. The van der Waals surface area contributed by atoms with Gasteiger partial charge >= 0.3 is 0 Å². The molecule has 1 atom stereocenters. The van der Waals surface area contributed by atoms with Gasteiger partial charge in [0.25, 0.3) is 5.91 Å². The lowest BCUT2D eigenvalue weighted by molar-refractivity contribution is -0.132.